The maximum Gasteiger partial charge on any atom is 0.338 e. The van der Waals surface area contributed by atoms with Gasteiger partial charge in [-0.05, 0) is 64.5 Å². The van der Waals surface area contributed by atoms with Crippen molar-refractivity contribution in [3.8, 4) is 0 Å². The van der Waals surface area contributed by atoms with E-state index in [-0.39, 0.29) is 31.2 Å². The summed E-state index contributed by atoms with van der Waals surface area (Å²) in [6.07, 6.45) is 0. The molecule has 0 saturated heterocycles. The van der Waals surface area contributed by atoms with Crippen LogP contribution in [0.3, 0.4) is 0 Å². The number of rotatable bonds is 7. The number of amides is 1. The third kappa shape index (κ3) is 6.37. The summed E-state index contributed by atoms with van der Waals surface area (Å²) in [6.45, 7) is -0.588. The average Bonchev–Trinajstić information content (AvgIpc) is 3.16. The summed E-state index contributed by atoms with van der Waals surface area (Å²) >= 11 is 22.1. The Morgan fingerprint density at radius 1 is 1.00 bits per heavy atom. The molecule has 0 unspecified atom stereocenters. The number of benzene rings is 2. The molecule has 3 aromatic rings. The van der Waals surface area contributed by atoms with Crippen molar-refractivity contribution in [1.29, 1.82) is 0 Å². The van der Waals surface area contributed by atoms with E-state index in [0.29, 0.717) is 8.81 Å². The van der Waals surface area contributed by atoms with Crippen LogP contribution in [0.2, 0.25) is 15.1 Å². The van der Waals surface area contributed by atoms with Gasteiger partial charge in [0, 0.05) is 10.7 Å². The van der Waals surface area contributed by atoms with Gasteiger partial charge in [0.1, 0.15) is 4.21 Å². The van der Waals surface area contributed by atoms with Crippen LogP contribution in [0.4, 0.5) is 11.4 Å². The zero-order valence-electron chi connectivity index (χ0n) is 15.7. The first kappa shape index (κ1) is 24.8. The molecule has 1 heterocycles. The van der Waals surface area contributed by atoms with Crippen LogP contribution in [-0.4, -0.2) is 26.9 Å². The minimum absolute atomic E-state index is 0.127. The molecular formula is C19H12BrCl3N2O5S2. The maximum atomic E-state index is 12.3. The third-order valence-electron chi connectivity index (χ3n) is 3.79. The summed E-state index contributed by atoms with van der Waals surface area (Å²) in [5.74, 6) is -1.43. The molecular weight excluding hydrogens is 587 g/mol. The zero-order valence-corrected chi connectivity index (χ0v) is 21.2. The highest BCUT2D eigenvalue weighted by atomic mass is 79.9. The molecule has 0 aliphatic heterocycles. The van der Waals surface area contributed by atoms with Crippen molar-refractivity contribution >= 4 is 95.3 Å². The van der Waals surface area contributed by atoms with Gasteiger partial charge in [0.05, 0.1) is 25.1 Å². The molecule has 7 nitrogen and oxygen atoms in total. The van der Waals surface area contributed by atoms with Crippen molar-refractivity contribution in [3.63, 3.8) is 0 Å². The van der Waals surface area contributed by atoms with Crippen LogP contribution in [0.25, 0.3) is 0 Å². The van der Waals surface area contributed by atoms with E-state index in [9.17, 15) is 18.0 Å². The summed E-state index contributed by atoms with van der Waals surface area (Å²) in [4.78, 5) is 24.3. The van der Waals surface area contributed by atoms with E-state index in [2.05, 4.69) is 26.0 Å². The van der Waals surface area contributed by atoms with Crippen LogP contribution < -0.4 is 10.0 Å². The Hall–Kier alpha value is -1.82. The van der Waals surface area contributed by atoms with Gasteiger partial charge in [0.2, 0.25) is 0 Å². The first-order valence-electron chi connectivity index (χ1n) is 8.55. The standard InChI is InChI=1S/C19H12BrCl3N2O5S2/c20-15-5-6-17(31-15)32(28,29)25-12-3-1-10(2-4-12)19(27)30-9-16(26)24-18-13(22)7-11(21)8-14(18)23/h1-8,25H,9H2,(H,24,26). The van der Waals surface area contributed by atoms with E-state index < -0.39 is 28.5 Å². The van der Waals surface area contributed by atoms with Gasteiger partial charge in [-0.3, -0.25) is 9.52 Å². The lowest BCUT2D eigenvalue weighted by Gasteiger charge is -2.10. The molecule has 0 fully saturated rings. The van der Waals surface area contributed by atoms with Crippen molar-refractivity contribution in [2.75, 3.05) is 16.6 Å². The molecule has 0 saturated carbocycles. The van der Waals surface area contributed by atoms with Crippen molar-refractivity contribution in [1.82, 2.24) is 0 Å². The van der Waals surface area contributed by atoms with E-state index in [0.717, 1.165) is 11.3 Å². The molecule has 0 radical (unpaired) electrons. The SMILES string of the molecule is O=C(COC(=O)c1ccc(NS(=O)(=O)c2ccc(Br)s2)cc1)Nc1c(Cl)cc(Cl)cc1Cl. The highest BCUT2D eigenvalue weighted by Gasteiger charge is 2.18. The second-order valence-electron chi connectivity index (χ2n) is 6.11. The van der Waals surface area contributed by atoms with Gasteiger partial charge in [-0.15, -0.1) is 11.3 Å². The second-order valence-corrected chi connectivity index (χ2v) is 11.7. The number of carbonyl (C=O) groups is 2. The highest BCUT2D eigenvalue weighted by molar-refractivity contribution is 9.11. The van der Waals surface area contributed by atoms with Crippen LogP contribution >= 0.6 is 62.1 Å². The van der Waals surface area contributed by atoms with E-state index >= 15 is 0 Å². The van der Waals surface area contributed by atoms with E-state index in [1.54, 1.807) is 6.07 Å². The van der Waals surface area contributed by atoms with Crippen LogP contribution in [0, 0.1) is 0 Å². The lowest BCUT2D eigenvalue weighted by molar-refractivity contribution is -0.119. The minimum atomic E-state index is -3.75. The van der Waals surface area contributed by atoms with Crippen molar-refractivity contribution < 1.29 is 22.7 Å². The van der Waals surface area contributed by atoms with Crippen molar-refractivity contribution in [2.45, 2.75) is 4.21 Å². The number of esters is 1. The molecule has 0 spiro atoms. The van der Waals surface area contributed by atoms with Gasteiger partial charge in [0.25, 0.3) is 15.9 Å². The van der Waals surface area contributed by atoms with Crippen LogP contribution in [0.15, 0.2) is 56.5 Å². The number of halogens is 4. The Bertz CT molecular complexity index is 1260. The fraction of sp³-hybridized carbons (Fsp3) is 0.0526. The van der Waals surface area contributed by atoms with E-state index in [1.165, 1.54) is 42.5 Å². The third-order valence-corrected chi connectivity index (χ3v) is 8.10. The lowest BCUT2D eigenvalue weighted by atomic mass is 10.2. The van der Waals surface area contributed by atoms with Gasteiger partial charge >= 0.3 is 5.97 Å². The molecule has 2 aromatic carbocycles. The summed E-state index contributed by atoms with van der Waals surface area (Å²) in [5, 5.41) is 3.02. The molecule has 0 aliphatic carbocycles. The topological polar surface area (TPSA) is 102 Å². The lowest BCUT2D eigenvalue weighted by Crippen LogP contribution is -2.21. The van der Waals surface area contributed by atoms with E-state index in [4.69, 9.17) is 39.5 Å². The Balaban J connectivity index is 1.57. The largest absolute Gasteiger partial charge is 0.452 e. The first-order chi connectivity index (χ1) is 15.0. The Labute approximate surface area is 210 Å². The van der Waals surface area contributed by atoms with Gasteiger partial charge < -0.3 is 10.1 Å². The monoisotopic (exact) mass is 596 g/mol. The smallest absolute Gasteiger partial charge is 0.338 e. The molecule has 0 bridgehead atoms. The number of anilines is 2. The normalized spacial score (nSPS) is 11.1. The summed E-state index contributed by atoms with van der Waals surface area (Å²) in [7, 11) is -3.75. The predicted molar refractivity (Wildman–Crippen MR) is 130 cm³/mol. The molecule has 0 aliphatic rings. The number of sulfonamides is 1. The molecule has 32 heavy (non-hydrogen) atoms. The highest BCUT2D eigenvalue weighted by Crippen LogP contribution is 2.33. The number of ether oxygens (including phenoxy) is 1. The molecule has 2 N–H and O–H groups in total. The predicted octanol–water partition coefficient (Wildman–Crippen LogP) is 6.07. The van der Waals surface area contributed by atoms with Gasteiger partial charge in [-0.25, -0.2) is 13.2 Å². The second kappa shape index (κ2) is 10.4. The Morgan fingerprint density at radius 3 is 2.19 bits per heavy atom. The van der Waals surface area contributed by atoms with E-state index in [1.807, 2.05) is 0 Å². The molecule has 3 rings (SSSR count). The summed E-state index contributed by atoms with van der Waals surface area (Å²) in [6, 6.07) is 11.5. The van der Waals surface area contributed by atoms with Gasteiger partial charge in [0.15, 0.2) is 6.61 Å². The van der Waals surface area contributed by atoms with Crippen LogP contribution in [-0.2, 0) is 19.6 Å². The van der Waals surface area contributed by atoms with Crippen molar-refractivity contribution in [2.24, 2.45) is 0 Å². The average molecular weight is 599 g/mol. The number of hydrogen-bond donors (Lipinski definition) is 2. The van der Waals surface area contributed by atoms with Crippen LogP contribution in [0.1, 0.15) is 10.4 Å². The number of nitrogens with one attached hydrogen (secondary N) is 2. The number of thiophene rings is 1. The quantitative estimate of drug-likeness (QED) is 0.322. The fourth-order valence-electron chi connectivity index (χ4n) is 2.37. The number of hydrogen-bond acceptors (Lipinski definition) is 6. The molecule has 1 aromatic heterocycles. The molecule has 13 heteroatoms. The zero-order chi connectivity index (χ0) is 23.5. The summed E-state index contributed by atoms with van der Waals surface area (Å²) in [5.41, 5.74) is 0.534. The Morgan fingerprint density at radius 2 is 1.62 bits per heavy atom. The molecule has 168 valence electrons. The fourth-order valence-corrected chi connectivity index (χ4v) is 6.35. The molecule has 0 atom stereocenters. The van der Waals surface area contributed by atoms with Crippen molar-refractivity contribution in [3.05, 3.63) is 72.9 Å². The Kier molecular flexibility index (Phi) is 8.07. The maximum absolute atomic E-state index is 12.3. The summed E-state index contributed by atoms with van der Waals surface area (Å²) < 4.78 is 32.9. The number of carbonyl (C=O) groups excluding carboxylic acids is 2. The minimum Gasteiger partial charge on any atom is -0.452 e. The van der Waals surface area contributed by atoms with Gasteiger partial charge in [-0.1, -0.05) is 34.8 Å². The molecule has 1 amide bonds. The van der Waals surface area contributed by atoms with Gasteiger partial charge in [-0.2, -0.15) is 0 Å². The van der Waals surface area contributed by atoms with Crippen LogP contribution in [0.5, 0.6) is 0 Å². The first-order valence-corrected chi connectivity index (χ1v) is 12.8.